The van der Waals surface area contributed by atoms with Crippen molar-refractivity contribution in [3.8, 4) is 0 Å². The van der Waals surface area contributed by atoms with Gasteiger partial charge in [0.2, 0.25) is 0 Å². The summed E-state index contributed by atoms with van der Waals surface area (Å²) in [7, 11) is 1.24. The summed E-state index contributed by atoms with van der Waals surface area (Å²) in [5.41, 5.74) is 0.546. The normalized spacial score (nSPS) is 10.6. The van der Waals surface area contributed by atoms with Gasteiger partial charge in [-0.3, -0.25) is 0 Å². The Bertz CT molecular complexity index is 535. The third-order valence-corrected chi connectivity index (χ3v) is 2.45. The summed E-state index contributed by atoms with van der Waals surface area (Å²) in [5, 5.41) is 0.524. The van der Waals surface area contributed by atoms with Crippen molar-refractivity contribution in [1.29, 1.82) is 0 Å². The fraction of sp³-hybridized carbons (Fsp3) is 0.100. The second-order valence-electron chi connectivity index (χ2n) is 2.97. The van der Waals surface area contributed by atoms with Crippen LogP contribution in [0.3, 0.4) is 0 Å². The van der Waals surface area contributed by atoms with Crippen LogP contribution in [0.2, 0.25) is 5.02 Å². The molecular weight excluding hydrogens is 221 g/mol. The summed E-state index contributed by atoms with van der Waals surface area (Å²) in [4.78, 5) is 14.0. The summed E-state index contributed by atoms with van der Waals surface area (Å²) >= 11 is 5.84. The quantitative estimate of drug-likeness (QED) is 0.762. The number of nitrogens with one attached hydrogen (secondary N) is 1. The topological polar surface area (TPSA) is 42.1 Å². The SMILES string of the molecule is COC(=O)c1c[nH]c2c(Cl)ccc(F)c12. The van der Waals surface area contributed by atoms with Crippen LogP contribution in [0.25, 0.3) is 10.9 Å². The monoisotopic (exact) mass is 227 g/mol. The summed E-state index contributed by atoms with van der Waals surface area (Å²) in [5.74, 6) is -1.10. The van der Waals surface area contributed by atoms with E-state index >= 15 is 0 Å². The van der Waals surface area contributed by atoms with Gasteiger partial charge in [-0.05, 0) is 12.1 Å². The highest BCUT2D eigenvalue weighted by Crippen LogP contribution is 2.28. The highest BCUT2D eigenvalue weighted by molar-refractivity contribution is 6.35. The van der Waals surface area contributed by atoms with Gasteiger partial charge in [0.25, 0.3) is 0 Å². The number of ether oxygens (including phenoxy) is 1. The molecule has 1 heterocycles. The first-order valence-electron chi connectivity index (χ1n) is 4.18. The molecule has 0 bridgehead atoms. The Kier molecular flexibility index (Phi) is 2.36. The van der Waals surface area contributed by atoms with Crippen molar-refractivity contribution in [3.05, 3.63) is 34.7 Å². The van der Waals surface area contributed by atoms with E-state index in [0.29, 0.717) is 10.5 Å². The van der Waals surface area contributed by atoms with Crippen LogP contribution in [0.4, 0.5) is 4.39 Å². The zero-order valence-corrected chi connectivity index (χ0v) is 8.56. The minimum atomic E-state index is -0.595. The Balaban J connectivity index is 2.79. The van der Waals surface area contributed by atoms with Gasteiger partial charge in [-0.25, -0.2) is 9.18 Å². The molecule has 0 aliphatic carbocycles. The van der Waals surface area contributed by atoms with Gasteiger partial charge in [0, 0.05) is 6.20 Å². The molecule has 1 aromatic heterocycles. The second-order valence-corrected chi connectivity index (χ2v) is 3.38. The molecule has 0 unspecified atom stereocenters. The fourth-order valence-electron chi connectivity index (χ4n) is 1.44. The second kappa shape index (κ2) is 3.55. The van der Waals surface area contributed by atoms with Crippen molar-refractivity contribution >= 4 is 28.5 Å². The Hall–Kier alpha value is -1.55. The molecule has 0 saturated carbocycles. The molecule has 0 spiro atoms. The Labute approximate surface area is 89.8 Å². The fourth-order valence-corrected chi connectivity index (χ4v) is 1.66. The lowest BCUT2D eigenvalue weighted by molar-refractivity contribution is 0.0603. The molecule has 1 aromatic carbocycles. The first-order chi connectivity index (χ1) is 7.15. The third-order valence-electron chi connectivity index (χ3n) is 2.14. The zero-order chi connectivity index (χ0) is 11.0. The van der Waals surface area contributed by atoms with Crippen LogP contribution in [0, 0.1) is 5.82 Å². The number of carbonyl (C=O) groups is 1. The summed E-state index contributed by atoms with van der Waals surface area (Å²) in [6.07, 6.45) is 1.38. The lowest BCUT2D eigenvalue weighted by Gasteiger charge is -1.99. The van der Waals surface area contributed by atoms with Crippen molar-refractivity contribution in [1.82, 2.24) is 4.98 Å². The van der Waals surface area contributed by atoms with E-state index in [-0.39, 0.29) is 10.9 Å². The van der Waals surface area contributed by atoms with E-state index in [2.05, 4.69) is 9.72 Å². The zero-order valence-electron chi connectivity index (χ0n) is 7.80. The van der Waals surface area contributed by atoms with E-state index in [4.69, 9.17) is 11.6 Å². The molecule has 15 heavy (non-hydrogen) atoms. The van der Waals surface area contributed by atoms with E-state index in [1.165, 1.54) is 25.4 Å². The maximum atomic E-state index is 13.5. The number of hydrogen-bond donors (Lipinski definition) is 1. The Morgan fingerprint density at radius 2 is 2.27 bits per heavy atom. The van der Waals surface area contributed by atoms with Crippen molar-refractivity contribution in [3.63, 3.8) is 0 Å². The van der Waals surface area contributed by atoms with Gasteiger partial charge in [0.1, 0.15) is 5.82 Å². The number of aromatic nitrogens is 1. The Morgan fingerprint density at radius 3 is 2.93 bits per heavy atom. The number of esters is 1. The Morgan fingerprint density at radius 1 is 1.53 bits per heavy atom. The molecule has 0 radical (unpaired) electrons. The number of aromatic amines is 1. The summed E-state index contributed by atoms with van der Waals surface area (Å²) in [6, 6.07) is 2.64. The van der Waals surface area contributed by atoms with E-state index in [0.717, 1.165) is 0 Å². The maximum absolute atomic E-state index is 13.5. The molecule has 78 valence electrons. The summed E-state index contributed by atoms with van der Waals surface area (Å²) in [6.45, 7) is 0. The molecule has 0 saturated heterocycles. The molecule has 3 nitrogen and oxygen atoms in total. The molecule has 2 aromatic rings. The molecular formula is C10H7ClFNO2. The molecule has 0 atom stereocenters. The highest BCUT2D eigenvalue weighted by Gasteiger charge is 2.17. The average Bonchev–Trinajstić information content (AvgIpc) is 2.68. The highest BCUT2D eigenvalue weighted by atomic mass is 35.5. The number of fused-ring (bicyclic) bond motifs is 1. The van der Waals surface area contributed by atoms with Gasteiger partial charge >= 0.3 is 5.97 Å². The van der Waals surface area contributed by atoms with Gasteiger partial charge in [0.05, 0.1) is 28.6 Å². The smallest absolute Gasteiger partial charge is 0.340 e. The molecule has 0 aliphatic heterocycles. The summed E-state index contributed by atoms with van der Waals surface area (Å²) < 4.78 is 18.0. The number of rotatable bonds is 1. The van der Waals surface area contributed by atoms with Gasteiger partial charge in [-0.1, -0.05) is 11.6 Å². The van der Waals surface area contributed by atoms with Crippen LogP contribution in [-0.2, 0) is 4.74 Å². The van der Waals surface area contributed by atoms with Crippen molar-refractivity contribution in [2.75, 3.05) is 7.11 Å². The largest absolute Gasteiger partial charge is 0.465 e. The molecule has 0 amide bonds. The molecule has 2 rings (SSSR count). The number of carbonyl (C=O) groups excluding carboxylic acids is 1. The van der Waals surface area contributed by atoms with Crippen LogP contribution < -0.4 is 0 Å². The van der Waals surface area contributed by atoms with E-state index < -0.39 is 11.8 Å². The lowest BCUT2D eigenvalue weighted by atomic mass is 10.1. The van der Waals surface area contributed by atoms with Crippen LogP contribution in [0.5, 0.6) is 0 Å². The standard InChI is InChI=1S/C10H7ClFNO2/c1-15-10(14)5-4-13-9-6(11)2-3-7(12)8(5)9/h2-4,13H,1H3. The van der Waals surface area contributed by atoms with E-state index in [9.17, 15) is 9.18 Å². The number of H-pyrrole nitrogens is 1. The number of methoxy groups -OCH3 is 1. The minimum absolute atomic E-state index is 0.146. The van der Waals surface area contributed by atoms with Gasteiger partial charge in [-0.2, -0.15) is 0 Å². The van der Waals surface area contributed by atoms with Crippen molar-refractivity contribution in [2.45, 2.75) is 0 Å². The predicted octanol–water partition coefficient (Wildman–Crippen LogP) is 2.75. The number of benzene rings is 1. The van der Waals surface area contributed by atoms with E-state index in [1.54, 1.807) is 0 Å². The number of halogens is 2. The van der Waals surface area contributed by atoms with Crippen LogP contribution in [0.15, 0.2) is 18.3 Å². The van der Waals surface area contributed by atoms with Gasteiger partial charge in [-0.15, -0.1) is 0 Å². The lowest BCUT2D eigenvalue weighted by Crippen LogP contribution is -2.00. The molecule has 0 fully saturated rings. The van der Waals surface area contributed by atoms with Crippen LogP contribution >= 0.6 is 11.6 Å². The van der Waals surface area contributed by atoms with Gasteiger partial charge in [0.15, 0.2) is 0 Å². The number of hydrogen-bond acceptors (Lipinski definition) is 2. The predicted molar refractivity (Wildman–Crippen MR) is 54.6 cm³/mol. The molecule has 1 N–H and O–H groups in total. The maximum Gasteiger partial charge on any atom is 0.340 e. The minimum Gasteiger partial charge on any atom is -0.465 e. The van der Waals surface area contributed by atoms with Gasteiger partial charge < -0.3 is 9.72 Å². The average molecular weight is 228 g/mol. The first-order valence-corrected chi connectivity index (χ1v) is 4.56. The van der Waals surface area contributed by atoms with Crippen molar-refractivity contribution in [2.24, 2.45) is 0 Å². The molecule has 5 heteroatoms. The van der Waals surface area contributed by atoms with Crippen LogP contribution in [0.1, 0.15) is 10.4 Å². The van der Waals surface area contributed by atoms with Crippen LogP contribution in [-0.4, -0.2) is 18.1 Å². The van der Waals surface area contributed by atoms with E-state index in [1.807, 2.05) is 0 Å². The van der Waals surface area contributed by atoms with Crippen molar-refractivity contribution < 1.29 is 13.9 Å². The first kappa shape index (κ1) is 9.98. The molecule has 0 aliphatic rings. The third kappa shape index (κ3) is 1.47.